The minimum Gasteiger partial charge on any atom is -0.407 e. The lowest BCUT2D eigenvalue weighted by molar-refractivity contribution is 0.0305. The predicted octanol–water partition coefficient (Wildman–Crippen LogP) is 1.41. The van der Waals surface area contributed by atoms with E-state index in [1.807, 2.05) is 0 Å². The molecule has 4 rings (SSSR count). The number of aromatic nitrogens is 5. The molecule has 130 valence electrons. The van der Waals surface area contributed by atoms with Crippen molar-refractivity contribution >= 4 is 6.01 Å². The molecule has 2 aromatic rings. The molecule has 4 atom stereocenters. The first-order valence-electron chi connectivity index (χ1n) is 8.53. The van der Waals surface area contributed by atoms with Crippen LogP contribution in [-0.2, 0) is 5.41 Å². The molecule has 0 amide bonds. The van der Waals surface area contributed by atoms with Gasteiger partial charge in [-0.2, -0.15) is 5.10 Å². The normalized spacial score (nSPS) is 30.6. The maximum atomic E-state index is 10.5. The van der Waals surface area contributed by atoms with Crippen LogP contribution in [0, 0.1) is 11.8 Å². The van der Waals surface area contributed by atoms with E-state index in [4.69, 9.17) is 4.42 Å². The highest BCUT2D eigenvalue weighted by atomic mass is 16.4. The van der Waals surface area contributed by atoms with E-state index < -0.39 is 0 Å². The van der Waals surface area contributed by atoms with E-state index in [1.54, 1.807) is 11.0 Å². The second-order valence-corrected chi connectivity index (χ2v) is 8.05. The molecule has 0 radical (unpaired) electrons. The van der Waals surface area contributed by atoms with E-state index in [9.17, 15) is 5.11 Å². The van der Waals surface area contributed by atoms with Crippen molar-refractivity contribution in [3.05, 3.63) is 18.5 Å². The van der Waals surface area contributed by atoms with Crippen LogP contribution in [0.2, 0.25) is 0 Å². The Labute approximate surface area is 140 Å². The van der Waals surface area contributed by atoms with Crippen molar-refractivity contribution in [1.29, 1.82) is 0 Å². The zero-order valence-electron chi connectivity index (χ0n) is 14.3. The number of aliphatic hydroxyl groups is 1. The topological polar surface area (TPSA) is 93.1 Å². The number of rotatable bonds is 2. The van der Waals surface area contributed by atoms with Crippen molar-refractivity contribution in [2.75, 3.05) is 18.0 Å². The van der Waals surface area contributed by atoms with E-state index in [2.05, 4.69) is 46.0 Å². The molecule has 8 heteroatoms. The van der Waals surface area contributed by atoms with Gasteiger partial charge in [-0.1, -0.05) is 25.9 Å². The largest absolute Gasteiger partial charge is 0.407 e. The average molecular weight is 332 g/mol. The van der Waals surface area contributed by atoms with Crippen LogP contribution >= 0.6 is 0 Å². The highest BCUT2D eigenvalue weighted by Crippen LogP contribution is 2.42. The van der Waals surface area contributed by atoms with Gasteiger partial charge in [0, 0.05) is 18.5 Å². The summed E-state index contributed by atoms with van der Waals surface area (Å²) in [4.78, 5) is 6.16. The fraction of sp³-hybridized carbons (Fsp3) is 0.750. The fourth-order valence-corrected chi connectivity index (χ4v) is 3.88. The van der Waals surface area contributed by atoms with Crippen LogP contribution in [0.3, 0.4) is 0 Å². The molecule has 3 heterocycles. The van der Waals surface area contributed by atoms with Crippen molar-refractivity contribution in [1.82, 2.24) is 25.0 Å². The third-order valence-corrected chi connectivity index (χ3v) is 5.21. The van der Waals surface area contributed by atoms with Gasteiger partial charge in [-0.05, 0) is 24.7 Å². The SMILES string of the molecule is CC(C)(C)c1nnc(N2C[C@H]3C[C@@H](n4cncn4)[C@H](O)C[C@H]3C2)o1. The maximum Gasteiger partial charge on any atom is 0.318 e. The summed E-state index contributed by atoms with van der Waals surface area (Å²) in [5.74, 6) is 1.60. The zero-order chi connectivity index (χ0) is 16.9. The summed E-state index contributed by atoms with van der Waals surface area (Å²) < 4.78 is 7.66. The Morgan fingerprint density at radius 3 is 2.54 bits per heavy atom. The van der Waals surface area contributed by atoms with Crippen molar-refractivity contribution in [3.8, 4) is 0 Å². The van der Waals surface area contributed by atoms with Gasteiger partial charge in [0.05, 0.1) is 12.1 Å². The minimum atomic E-state index is -0.388. The summed E-state index contributed by atoms with van der Waals surface area (Å²) in [6.07, 6.45) is 4.49. The molecule has 0 spiro atoms. The van der Waals surface area contributed by atoms with Gasteiger partial charge in [0.2, 0.25) is 5.89 Å². The Balaban J connectivity index is 1.49. The second kappa shape index (κ2) is 5.54. The fourth-order valence-electron chi connectivity index (χ4n) is 3.88. The summed E-state index contributed by atoms with van der Waals surface area (Å²) in [7, 11) is 0. The van der Waals surface area contributed by atoms with Gasteiger partial charge in [0.15, 0.2) is 0 Å². The molecule has 1 saturated heterocycles. The third kappa shape index (κ3) is 2.68. The number of nitrogens with zero attached hydrogens (tertiary/aromatic N) is 6. The van der Waals surface area contributed by atoms with Gasteiger partial charge in [0.25, 0.3) is 0 Å². The van der Waals surface area contributed by atoms with Crippen LogP contribution in [0.15, 0.2) is 17.1 Å². The van der Waals surface area contributed by atoms with Gasteiger partial charge in [-0.3, -0.25) is 0 Å². The molecule has 2 aliphatic rings. The van der Waals surface area contributed by atoms with Crippen LogP contribution < -0.4 is 4.90 Å². The molecular weight excluding hydrogens is 308 g/mol. The molecule has 2 fully saturated rings. The second-order valence-electron chi connectivity index (χ2n) is 8.05. The van der Waals surface area contributed by atoms with Crippen LogP contribution in [-0.4, -0.2) is 49.3 Å². The number of hydrogen-bond donors (Lipinski definition) is 1. The van der Waals surface area contributed by atoms with Crippen LogP contribution in [0.1, 0.15) is 45.5 Å². The first-order valence-corrected chi connectivity index (χ1v) is 8.53. The minimum absolute atomic E-state index is 0.00141. The summed E-state index contributed by atoms with van der Waals surface area (Å²) in [6.45, 7) is 7.93. The first-order chi connectivity index (χ1) is 11.4. The highest BCUT2D eigenvalue weighted by Gasteiger charge is 2.44. The molecule has 1 N–H and O–H groups in total. The lowest BCUT2D eigenvalue weighted by atomic mass is 9.77. The first kappa shape index (κ1) is 15.6. The summed E-state index contributed by atoms with van der Waals surface area (Å²) in [6, 6.07) is 0.600. The molecule has 8 nitrogen and oxygen atoms in total. The number of anilines is 1. The highest BCUT2D eigenvalue weighted by molar-refractivity contribution is 5.28. The van der Waals surface area contributed by atoms with E-state index in [-0.39, 0.29) is 17.6 Å². The molecule has 1 saturated carbocycles. The third-order valence-electron chi connectivity index (χ3n) is 5.21. The molecule has 0 bridgehead atoms. The van der Waals surface area contributed by atoms with Crippen LogP contribution in [0.4, 0.5) is 6.01 Å². The van der Waals surface area contributed by atoms with Gasteiger partial charge in [-0.25, -0.2) is 9.67 Å². The summed E-state index contributed by atoms with van der Waals surface area (Å²) >= 11 is 0. The summed E-state index contributed by atoms with van der Waals surface area (Å²) in [5.41, 5.74) is -0.147. The Hall–Kier alpha value is -1.96. The Kier molecular flexibility index (Phi) is 3.59. The van der Waals surface area contributed by atoms with Crippen LogP contribution in [0.25, 0.3) is 0 Å². The van der Waals surface area contributed by atoms with E-state index in [0.717, 1.165) is 25.9 Å². The Morgan fingerprint density at radius 1 is 1.17 bits per heavy atom. The van der Waals surface area contributed by atoms with Gasteiger partial charge in [-0.15, -0.1) is 5.10 Å². The molecular formula is C16H24N6O2. The van der Waals surface area contributed by atoms with Gasteiger partial charge >= 0.3 is 6.01 Å². The zero-order valence-corrected chi connectivity index (χ0v) is 14.3. The van der Waals surface area contributed by atoms with Crippen molar-refractivity contribution in [3.63, 3.8) is 0 Å². The lowest BCUT2D eigenvalue weighted by Crippen LogP contribution is -2.36. The van der Waals surface area contributed by atoms with E-state index in [1.165, 1.54) is 6.33 Å². The quantitative estimate of drug-likeness (QED) is 0.888. The average Bonchev–Trinajstić information content (AvgIpc) is 3.25. The lowest BCUT2D eigenvalue weighted by Gasteiger charge is -2.34. The number of aliphatic hydroxyl groups excluding tert-OH is 1. The molecule has 1 aliphatic heterocycles. The monoisotopic (exact) mass is 332 g/mol. The smallest absolute Gasteiger partial charge is 0.318 e. The number of hydrogen-bond acceptors (Lipinski definition) is 7. The summed E-state index contributed by atoms with van der Waals surface area (Å²) in [5, 5.41) is 23.1. The Bertz CT molecular complexity index is 692. The van der Waals surface area contributed by atoms with Gasteiger partial charge < -0.3 is 14.4 Å². The van der Waals surface area contributed by atoms with Gasteiger partial charge in [0.1, 0.15) is 12.7 Å². The van der Waals surface area contributed by atoms with E-state index >= 15 is 0 Å². The molecule has 0 unspecified atom stereocenters. The predicted molar refractivity (Wildman–Crippen MR) is 86.5 cm³/mol. The molecule has 0 aromatic carbocycles. The molecule has 24 heavy (non-hydrogen) atoms. The van der Waals surface area contributed by atoms with Crippen molar-refractivity contribution < 1.29 is 9.52 Å². The van der Waals surface area contributed by atoms with Crippen molar-refractivity contribution in [2.24, 2.45) is 11.8 Å². The number of fused-ring (bicyclic) bond motifs is 1. The van der Waals surface area contributed by atoms with Crippen molar-refractivity contribution in [2.45, 2.75) is 51.2 Å². The standard InChI is InChI=1S/C16H24N6O2/c1-16(2,3)14-19-20-15(24-14)21-6-10-4-12(22-9-17-8-18-22)13(23)5-11(10)7-21/h8-13,23H,4-7H2,1-3H3/t10-,11+,12-,13-/m1/s1. The maximum absolute atomic E-state index is 10.5. The van der Waals surface area contributed by atoms with E-state index in [0.29, 0.717) is 23.7 Å². The van der Waals surface area contributed by atoms with Crippen LogP contribution in [0.5, 0.6) is 0 Å². The Morgan fingerprint density at radius 2 is 1.92 bits per heavy atom. The molecule has 2 aromatic heterocycles. The molecule has 1 aliphatic carbocycles.